The molecule has 0 fully saturated rings. The maximum absolute atomic E-state index is 11.1. The number of esters is 1. The summed E-state index contributed by atoms with van der Waals surface area (Å²) in [5, 5.41) is 9.56. The first kappa shape index (κ1) is 10.5. The number of hydrogen-bond acceptors (Lipinski definition) is 4. The van der Waals surface area contributed by atoms with Crippen LogP contribution in [0.5, 0.6) is 0 Å². The predicted octanol–water partition coefficient (Wildman–Crippen LogP) is 0.784. The Hall–Kier alpha value is -1.55. The molecule has 3 N–H and O–H groups in total. The second-order valence-electron chi connectivity index (χ2n) is 2.99. The zero-order valence-corrected chi connectivity index (χ0v) is 8.15. The van der Waals surface area contributed by atoms with E-state index < -0.39 is 12.1 Å². The lowest BCUT2D eigenvalue weighted by atomic mass is 10.0. The summed E-state index contributed by atoms with van der Waals surface area (Å²) in [6.45, 7) is 1.75. The van der Waals surface area contributed by atoms with Gasteiger partial charge in [-0.1, -0.05) is 12.1 Å². The third-order valence-electron chi connectivity index (χ3n) is 2.14. The van der Waals surface area contributed by atoms with Crippen molar-refractivity contribution in [3.63, 3.8) is 0 Å². The zero-order valence-electron chi connectivity index (χ0n) is 8.15. The number of rotatable bonds is 2. The quantitative estimate of drug-likeness (QED) is 0.540. The molecule has 0 heterocycles. The number of nitrogens with two attached hydrogens (primary N) is 1. The van der Waals surface area contributed by atoms with E-state index in [9.17, 15) is 9.90 Å². The molecule has 0 saturated carbocycles. The summed E-state index contributed by atoms with van der Waals surface area (Å²) in [6, 6.07) is 5.04. The van der Waals surface area contributed by atoms with Gasteiger partial charge in [0.1, 0.15) is 0 Å². The summed E-state index contributed by atoms with van der Waals surface area (Å²) in [7, 11) is 1.23. The van der Waals surface area contributed by atoms with Crippen LogP contribution in [-0.2, 0) is 9.53 Å². The average molecular weight is 195 g/mol. The summed E-state index contributed by atoms with van der Waals surface area (Å²) in [5.41, 5.74) is 7.37. The zero-order chi connectivity index (χ0) is 10.7. The van der Waals surface area contributed by atoms with Crippen LogP contribution in [-0.4, -0.2) is 18.2 Å². The highest BCUT2D eigenvalue weighted by Crippen LogP contribution is 2.22. The van der Waals surface area contributed by atoms with Crippen molar-refractivity contribution < 1.29 is 14.6 Å². The molecule has 0 aliphatic rings. The maximum atomic E-state index is 11.1. The van der Waals surface area contributed by atoms with Gasteiger partial charge in [0.15, 0.2) is 6.10 Å². The monoisotopic (exact) mass is 195 g/mol. The Balaban J connectivity index is 3.07. The minimum absolute atomic E-state index is 0.483. The first-order chi connectivity index (χ1) is 6.57. The van der Waals surface area contributed by atoms with E-state index >= 15 is 0 Å². The molecule has 14 heavy (non-hydrogen) atoms. The normalized spacial score (nSPS) is 12.2. The van der Waals surface area contributed by atoms with Crippen molar-refractivity contribution in [2.24, 2.45) is 0 Å². The molecular weight excluding hydrogens is 182 g/mol. The van der Waals surface area contributed by atoms with E-state index in [0.717, 1.165) is 0 Å². The topological polar surface area (TPSA) is 72.5 Å². The van der Waals surface area contributed by atoms with Gasteiger partial charge in [-0.2, -0.15) is 0 Å². The van der Waals surface area contributed by atoms with E-state index in [-0.39, 0.29) is 0 Å². The minimum atomic E-state index is -1.26. The molecule has 1 aromatic carbocycles. The van der Waals surface area contributed by atoms with Gasteiger partial charge in [0, 0.05) is 5.69 Å². The third kappa shape index (κ3) is 1.85. The molecule has 0 aromatic heterocycles. The van der Waals surface area contributed by atoms with E-state index in [1.807, 2.05) is 0 Å². The molecule has 0 bridgehead atoms. The first-order valence-electron chi connectivity index (χ1n) is 4.18. The second kappa shape index (κ2) is 4.11. The number of anilines is 1. The van der Waals surface area contributed by atoms with E-state index in [0.29, 0.717) is 16.8 Å². The fraction of sp³-hybridized carbons (Fsp3) is 0.300. The second-order valence-corrected chi connectivity index (χ2v) is 2.99. The minimum Gasteiger partial charge on any atom is -0.467 e. The third-order valence-corrected chi connectivity index (χ3v) is 2.14. The molecule has 1 atom stereocenters. The number of carbonyl (C=O) groups excluding carboxylic acids is 1. The van der Waals surface area contributed by atoms with Crippen LogP contribution < -0.4 is 5.73 Å². The smallest absolute Gasteiger partial charge is 0.339 e. The predicted molar refractivity (Wildman–Crippen MR) is 52.6 cm³/mol. The van der Waals surface area contributed by atoms with Gasteiger partial charge < -0.3 is 15.6 Å². The van der Waals surface area contributed by atoms with Crippen LogP contribution in [0.4, 0.5) is 5.69 Å². The highest BCUT2D eigenvalue weighted by molar-refractivity contribution is 5.77. The molecule has 0 aliphatic carbocycles. The Morgan fingerprint density at radius 3 is 2.79 bits per heavy atom. The van der Waals surface area contributed by atoms with Crippen molar-refractivity contribution in [2.75, 3.05) is 12.8 Å². The lowest BCUT2D eigenvalue weighted by Gasteiger charge is -2.12. The summed E-state index contributed by atoms with van der Waals surface area (Å²) in [4.78, 5) is 11.1. The summed E-state index contributed by atoms with van der Waals surface area (Å²) in [6.07, 6.45) is -1.26. The van der Waals surface area contributed by atoms with Crippen molar-refractivity contribution in [3.05, 3.63) is 29.3 Å². The van der Waals surface area contributed by atoms with E-state index in [4.69, 9.17) is 5.73 Å². The molecule has 76 valence electrons. The summed E-state index contributed by atoms with van der Waals surface area (Å²) >= 11 is 0. The Bertz CT molecular complexity index is 349. The lowest BCUT2D eigenvalue weighted by molar-refractivity contribution is -0.150. The first-order valence-corrected chi connectivity index (χ1v) is 4.18. The SMILES string of the molecule is COC(=O)[C@@H](O)c1cccc(N)c1C. The molecular formula is C10H13NO3. The molecule has 4 heteroatoms. The van der Waals surface area contributed by atoms with E-state index in [1.165, 1.54) is 7.11 Å². The van der Waals surface area contributed by atoms with Crippen LogP contribution in [0.2, 0.25) is 0 Å². The highest BCUT2D eigenvalue weighted by Gasteiger charge is 2.20. The average Bonchev–Trinajstić information content (AvgIpc) is 2.20. The molecule has 0 aliphatic heterocycles. The Morgan fingerprint density at radius 2 is 2.21 bits per heavy atom. The maximum Gasteiger partial charge on any atom is 0.339 e. The fourth-order valence-corrected chi connectivity index (χ4v) is 1.21. The molecule has 1 aromatic rings. The van der Waals surface area contributed by atoms with Gasteiger partial charge >= 0.3 is 5.97 Å². The standard InChI is InChI=1S/C10H13NO3/c1-6-7(4-3-5-8(6)11)9(12)10(13)14-2/h3-5,9,12H,11H2,1-2H3/t9-/m0/s1. The number of aliphatic hydroxyl groups excluding tert-OH is 1. The number of carbonyl (C=O) groups is 1. The molecule has 0 amide bonds. The number of nitrogen functional groups attached to an aromatic ring is 1. The lowest BCUT2D eigenvalue weighted by Crippen LogP contribution is -2.15. The number of methoxy groups -OCH3 is 1. The number of hydrogen-bond donors (Lipinski definition) is 2. The van der Waals surface area contributed by atoms with Crippen LogP contribution in [0.3, 0.4) is 0 Å². The van der Waals surface area contributed by atoms with E-state index in [1.54, 1.807) is 25.1 Å². The van der Waals surface area contributed by atoms with Gasteiger partial charge in [0.2, 0.25) is 0 Å². The number of benzene rings is 1. The van der Waals surface area contributed by atoms with Crippen molar-refractivity contribution in [3.8, 4) is 0 Å². The molecule has 0 unspecified atom stereocenters. The Kier molecular flexibility index (Phi) is 3.09. The molecule has 0 spiro atoms. The van der Waals surface area contributed by atoms with E-state index in [2.05, 4.69) is 4.74 Å². The number of ether oxygens (including phenoxy) is 1. The van der Waals surface area contributed by atoms with Crippen LogP contribution in [0, 0.1) is 6.92 Å². The molecule has 0 radical (unpaired) electrons. The molecule has 4 nitrogen and oxygen atoms in total. The fourth-order valence-electron chi connectivity index (χ4n) is 1.21. The van der Waals surface area contributed by atoms with Gasteiger partial charge in [-0.3, -0.25) is 0 Å². The van der Waals surface area contributed by atoms with Gasteiger partial charge in [0.05, 0.1) is 7.11 Å². The summed E-state index contributed by atoms with van der Waals surface area (Å²) < 4.78 is 4.43. The van der Waals surface area contributed by atoms with Gasteiger partial charge in [-0.15, -0.1) is 0 Å². The van der Waals surface area contributed by atoms with Crippen LogP contribution >= 0.6 is 0 Å². The van der Waals surface area contributed by atoms with Crippen LogP contribution in [0.1, 0.15) is 17.2 Å². The summed E-state index contributed by atoms with van der Waals surface area (Å²) in [5.74, 6) is -0.682. The van der Waals surface area contributed by atoms with Gasteiger partial charge in [-0.05, 0) is 24.1 Å². The van der Waals surface area contributed by atoms with Crippen molar-refractivity contribution >= 4 is 11.7 Å². The van der Waals surface area contributed by atoms with Crippen molar-refractivity contribution in [2.45, 2.75) is 13.0 Å². The largest absolute Gasteiger partial charge is 0.467 e. The van der Waals surface area contributed by atoms with Gasteiger partial charge in [-0.25, -0.2) is 4.79 Å². The number of aliphatic hydroxyl groups is 1. The molecule has 1 rings (SSSR count). The Morgan fingerprint density at radius 1 is 1.57 bits per heavy atom. The highest BCUT2D eigenvalue weighted by atomic mass is 16.5. The van der Waals surface area contributed by atoms with Crippen molar-refractivity contribution in [1.82, 2.24) is 0 Å². The van der Waals surface area contributed by atoms with Gasteiger partial charge in [0.25, 0.3) is 0 Å². The Labute approximate surface area is 82.3 Å². The van der Waals surface area contributed by atoms with Crippen molar-refractivity contribution in [1.29, 1.82) is 0 Å². The van der Waals surface area contributed by atoms with Crippen LogP contribution in [0.15, 0.2) is 18.2 Å². The molecule has 0 saturated heterocycles. The van der Waals surface area contributed by atoms with Crippen LogP contribution in [0.25, 0.3) is 0 Å².